The summed E-state index contributed by atoms with van der Waals surface area (Å²) in [5.41, 5.74) is 0.419. The molecule has 1 rings (SSSR count). The van der Waals surface area contributed by atoms with Crippen molar-refractivity contribution in [1.29, 1.82) is 0 Å². The first-order valence-electron chi connectivity index (χ1n) is 6.39. The predicted molar refractivity (Wildman–Crippen MR) is 82.9 cm³/mol. The molecule has 0 aliphatic rings. The van der Waals surface area contributed by atoms with Crippen LogP contribution < -0.4 is 25.2 Å². The largest absolute Gasteiger partial charge is 0.480 e. The maximum Gasteiger partial charge on any atom is 0.319 e. The average Bonchev–Trinajstić information content (AvgIpc) is 2.35. The number of ether oxygens (including phenoxy) is 1. The fraction of sp³-hybridized carbons (Fsp3) is 0.500. The summed E-state index contributed by atoms with van der Waals surface area (Å²) in [6.45, 7) is 5.07. The number of carbonyl (C=O) groups is 1. The Kier molecular flexibility index (Phi) is 5.69. The summed E-state index contributed by atoms with van der Waals surface area (Å²) in [5, 5.41) is 10.1. The van der Waals surface area contributed by atoms with E-state index in [4.69, 9.17) is 9.88 Å². The van der Waals surface area contributed by atoms with E-state index in [0.717, 1.165) is 5.56 Å². The number of hydrogen-bond acceptors (Lipinski definition) is 5. The zero-order valence-electron chi connectivity index (χ0n) is 12.9. The van der Waals surface area contributed by atoms with E-state index in [2.05, 4.69) is 20.3 Å². The van der Waals surface area contributed by atoms with Gasteiger partial charge in [-0.3, -0.25) is 0 Å². The van der Waals surface area contributed by atoms with Crippen molar-refractivity contribution >= 4 is 21.9 Å². The third-order valence-electron chi connectivity index (χ3n) is 2.60. The highest BCUT2D eigenvalue weighted by molar-refractivity contribution is 7.87. The first kappa shape index (κ1) is 18.1. The summed E-state index contributed by atoms with van der Waals surface area (Å²) in [5.74, 6) is 0.279. The number of hydrogen-bond donors (Lipinski definition) is 4. The SMILES string of the molecule is COc1ncc(C)cc1NC(=O)NC(C)(C)CNS(N)(=O)=O. The quantitative estimate of drug-likeness (QED) is 0.586. The van der Waals surface area contributed by atoms with E-state index < -0.39 is 21.8 Å². The van der Waals surface area contributed by atoms with Crippen molar-refractivity contribution in [2.24, 2.45) is 5.14 Å². The molecule has 0 aromatic carbocycles. The Morgan fingerprint density at radius 2 is 2.09 bits per heavy atom. The predicted octanol–water partition coefficient (Wildman–Crippen LogP) is 0.0918. The minimum Gasteiger partial charge on any atom is -0.480 e. The zero-order chi connectivity index (χ0) is 17.0. The van der Waals surface area contributed by atoms with Crippen LogP contribution in [-0.2, 0) is 10.2 Å². The number of methoxy groups -OCH3 is 1. The summed E-state index contributed by atoms with van der Waals surface area (Å²) in [6.07, 6.45) is 1.61. The molecule has 0 unspecified atom stereocenters. The molecule has 1 aromatic heterocycles. The first-order valence-corrected chi connectivity index (χ1v) is 7.94. The fourth-order valence-corrected chi connectivity index (χ4v) is 2.16. The van der Waals surface area contributed by atoms with Crippen molar-refractivity contribution in [2.45, 2.75) is 26.3 Å². The molecule has 0 spiro atoms. The van der Waals surface area contributed by atoms with Crippen LogP contribution in [-0.4, -0.2) is 38.6 Å². The molecule has 10 heteroatoms. The van der Waals surface area contributed by atoms with Crippen molar-refractivity contribution in [3.63, 3.8) is 0 Å². The number of amides is 2. The number of aryl methyl sites for hydroxylation is 1. The normalized spacial score (nSPS) is 11.9. The standard InChI is InChI=1S/C12H21N5O4S/c1-8-5-9(10(21-4)14-6-8)16-11(18)17-12(2,3)7-15-22(13,19)20/h5-6,15H,7H2,1-4H3,(H2,13,19,20)(H2,16,17,18). The number of urea groups is 1. The number of nitrogens with one attached hydrogen (secondary N) is 3. The molecule has 1 heterocycles. The Balaban J connectivity index is 2.71. The maximum atomic E-state index is 12.0. The van der Waals surface area contributed by atoms with Crippen LogP contribution in [0.25, 0.3) is 0 Å². The van der Waals surface area contributed by atoms with Crippen LogP contribution in [0.3, 0.4) is 0 Å². The van der Waals surface area contributed by atoms with Crippen molar-refractivity contribution < 1.29 is 17.9 Å². The fourth-order valence-electron chi connectivity index (χ4n) is 1.59. The summed E-state index contributed by atoms with van der Waals surface area (Å²) >= 11 is 0. The molecule has 22 heavy (non-hydrogen) atoms. The minimum absolute atomic E-state index is 0.0531. The van der Waals surface area contributed by atoms with E-state index in [1.807, 2.05) is 6.92 Å². The number of carbonyl (C=O) groups excluding carboxylic acids is 1. The van der Waals surface area contributed by atoms with Crippen LogP contribution in [0.4, 0.5) is 10.5 Å². The number of aromatic nitrogens is 1. The number of nitrogens with two attached hydrogens (primary N) is 1. The second-order valence-corrected chi connectivity index (χ2v) is 6.78. The first-order chi connectivity index (χ1) is 10.0. The highest BCUT2D eigenvalue weighted by Gasteiger charge is 2.22. The zero-order valence-corrected chi connectivity index (χ0v) is 13.7. The van der Waals surface area contributed by atoms with Crippen molar-refractivity contribution in [3.8, 4) is 5.88 Å². The highest BCUT2D eigenvalue weighted by atomic mass is 32.2. The molecule has 1 aromatic rings. The van der Waals surface area contributed by atoms with Crippen LogP contribution in [0.1, 0.15) is 19.4 Å². The molecule has 0 aliphatic heterocycles. The Bertz CT molecular complexity index is 645. The molecule has 2 amide bonds. The van der Waals surface area contributed by atoms with Gasteiger partial charge in [0.15, 0.2) is 0 Å². The summed E-state index contributed by atoms with van der Waals surface area (Å²) in [4.78, 5) is 16.1. The van der Waals surface area contributed by atoms with Gasteiger partial charge in [-0.25, -0.2) is 19.6 Å². The second-order valence-electron chi connectivity index (χ2n) is 5.40. The summed E-state index contributed by atoms with van der Waals surface area (Å²) in [7, 11) is -2.37. The monoisotopic (exact) mass is 331 g/mol. The molecule has 0 fully saturated rings. The van der Waals surface area contributed by atoms with Crippen LogP contribution in [0.2, 0.25) is 0 Å². The molecule has 9 nitrogen and oxygen atoms in total. The van der Waals surface area contributed by atoms with Gasteiger partial charge in [0.05, 0.1) is 7.11 Å². The van der Waals surface area contributed by atoms with Crippen LogP contribution in [0.5, 0.6) is 5.88 Å². The summed E-state index contributed by atoms with van der Waals surface area (Å²) in [6, 6.07) is 1.19. The Morgan fingerprint density at radius 3 is 2.64 bits per heavy atom. The van der Waals surface area contributed by atoms with Gasteiger partial charge in [-0.1, -0.05) is 0 Å². The lowest BCUT2D eigenvalue weighted by Crippen LogP contribution is -2.53. The smallest absolute Gasteiger partial charge is 0.319 e. The highest BCUT2D eigenvalue weighted by Crippen LogP contribution is 2.21. The lowest BCUT2D eigenvalue weighted by Gasteiger charge is -2.26. The van der Waals surface area contributed by atoms with Gasteiger partial charge in [0, 0.05) is 18.3 Å². The lowest BCUT2D eigenvalue weighted by molar-refractivity contribution is 0.241. The number of anilines is 1. The van der Waals surface area contributed by atoms with E-state index >= 15 is 0 Å². The van der Waals surface area contributed by atoms with Gasteiger partial charge in [-0.15, -0.1) is 0 Å². The van der Waals surface area contributed by atoms with E-state index in [-0.39, 0.29) is 12.4 Å². The van der Waals surface area contributed by atoms with Gasteiger partial charge in [-0.2, -0.15) is 8.42 Å². The van der Waals surface area contributed by atoms with Gasteiger partial charge in [0.2, 0.25) is 5.88 Å². The van der Waals surface area contributed by atoms with Crippen molar-refractivity contribution in [1.82, 2.24) is 15.0 Å². The third kappa shape index (κ3) is 6.24. The molecule has 0 atom stereocenters. The maximum absolute atomic E-state index is 12.0. The second kappa shape index (κ2) is 6.90. The molecule has 0 radical (unpaired) electrons. The van der Waals surface area contributed by atoms with Crippen LogP contribution in [0.15, 0.2) is 12.3 Å². The molecular weight excluding hydrogens is 310 g/mol. The van der Waals surface area contributed by atoms with E-state index in [0.29, 0.717) is 5.69 Å². The van der Waals surface area contributed by atoms with E-state index in [1.54, 1.807) is 26.1 Å². The van der Waals surface area contributed by atoms with Crippen molar-refractivity contribution in [3.05, 3.63) is 17.8 Å². The number of rotatable bonds is 6. The third-order valence-corrected chi connectivity index (χ3v) is 3.14. The Hall–Kier alpha value is -1.91. The number of pyridine rings is 1. The van der Waals surface area contributed by atoms with E-state index in [9.17, 15) is 13.2 Å². The molecule has 0 saturated carbocycles. The molecule has 0 bridgehead atoms. The molecule has 124 valence electrons. The van der Waals surface area contributed by atoms with Gasteiger partial charge >= 0.3 is 6.03 Å². The molecule has 0 saturated heterocycles. The Labute approximate surface area is 129 Å². The van der Waals surface area contributed by atoms with Gasteiger partial charge in [-0.05, 0) is 32.4 Å². The Morgan fingerprint density at radius 1 is 1.45 bits per heavy atom. The van der Waals surface area contributed by atoms with Crippen LogP contribution in [0, 0.1) is 6.92 Å². The molecule has 0 aliphatic carbocycles. The van der Waals surface area contributed by atoms with Gasteiger partial charge < -0.3 is 15.4 Å². The minimum atomic E-state index is -3.82. The lowest BCUT2D eigenvalue weighted by atomic mass is 10.1. The van der Waals surface area contributed by atoms with Crippen LogP contribution >= 0.6 is 0 Å². The summed E-state index contributed by atoms with van der Waals surface area (Å²) < 4.78 is 29.0. The van der Waals surface area contributed by atoms with Gasteiger partial charge in [0.1, 0.15) is 5.69 Å². The van der Waals surface area contributed by atoms with Gasteiger partial charge in [0.25, 0.3) is 10.2 Å². The van der Waals surface area contributed by atoms with E-state index in [1.165, 1.54) is 7.11 Å². The molecule has 5 N–H and O–H groups in total. The topological polar surface area (TPSA) is 135 Å². The molecular formula is C12H21N5O4S. The number of nitrogens with zero attached hydrogens (tertiary/aromatic N) is 1. The average molecular weight is 331 g/mol. The van der Waals surface area contributed by atoms with Crippen molar-refractivity contribution in [2.75, 3.05) is 19.0 Å².